The van der Waals surface area contributed by atoms with Gasteiger partial charge in [0.15, 0.2) is 5.78 Å². The molecule has 1 aromatic carbocycles. The molecule has 98 valence electrons. The Balaban J connectivity index is 2.16. The number of hydrogen-bond donors (Lipinski definition) is 1. The van der Waals surface area contributed by atoms with Crippen LogP contribution in [0.15, 0.2) is 12.1 Å². The number of carbonyl (C=O) groups excluding carboxylic acids is 1. The van der Waals surface area contributed by atoms with Gasteiger partial charge in [-0.1, -0.05) is 0 Å². The summed E-state index contributed by atoms with van der Waals surface area (Å²) in [6.07, 6.45) is 1.76. The molecule has 1 aromatic rings. The van der Waals surface area contributed by atoms with E-state index >= 15 is 0 Å². The Morgan fingerprint density at radius 3 is 2.78 bits per heavy atom. The lowest BCUT2D eigenvalue weighted by Crippen LogP contribution is -2.13. The minimum atomic E-state index is 0.256. The zero-order chi connectivity index (χ0) is 13.1. The molecule has 1 saturated heterocycles. The quantitative estimate of drug-likeness (QED) is 0.831. The second-order valence-electron chi connectivity index (χ2n) is 5.12. The van der Waals surface area contributed by atoms with Crippen molar-refractivity contribution >= 4 is 5.78 Å². The molecule has 1 fully saturated rings. The van der Waals surface area contributed by atoms with Gasteiger partial charge in [0.2, 0.25) is 0 Å². The topological polar surface area (TPSA) is 38.3 Å². The molecule has 3 nitrogen and oxygen atoms in total. The van der Waals surface area contributed by atoms with Crippen LogP contribution < -0.4 is 10.1 Å². The van der Waals surface area contributed by atoms with E-state index < -0.39 is 0 Å². The van der Waals surface area contributed by atoms with Crippen molar-refractivity contribution in [3.05, 3.63) is 28.8 Å². The third-order valence-corrected chi connectivity index (χ3v) is 3.68. The zero-order valence-corrected chi connectivity index (χ0v) is 11.4. The van der Waals surface area contributed by atoms with E-state index in [0.29, 0.717) is 12.3 Å². The van der Waals surface area contributed by atoms with Gasteiger partial charge in [0.1, 0.15) is 5.75 Å². The van der Waals surface area contributed by atoms with Crippen molar-refractivity contribution in [2.75, 3.05) is 20.2 Å². The van der Waals surface area contributed by atoms with E-state index in [0.717, 1.165) is 42.0 Å². The number of Topliss-reactive ketones (excluding diaryl/α,β-unsaturated/α-hetero) is 1. The molecule has 1 aliphatic heterocycles. The van der Waals surface area contributed by atoms with Crippen molar-refractivity contribution in [2.24, 2.45) is 5.92 Å². The third kappa shape index (κ3) is 2.72. The summed E-state index contributed by atoms with van der Waals surface area (Å²) in [7, 11) is 1.66. The molecule has 0 radical (unpaired) electrons. The fraction of sp³-hybridized carbons (Fsp3) is 0.533. The first-order chi connectivity index (χ1) is 8.61. The van der Waals surface area contributed by atoms with Crippen LogP contribution in [-0.4, -0.2) is 26.0 Å². The Bertz CT molecular complexity index is 448. The number of methoxy groups -OCH3 is 1. The molecule has 0 aliphatic carbocycles. The van der Waals surface area contributed by atoms with Crippen LogP contribution in [-0.2, 0) is 0 Å². The van der Waals surface area contributed by atoms with E-state index in [-0.39, 0.29) is 5.78 Å². The first kappa shape index (κ1) is 13.1. The molecule has 1 unspecified atom stereocenters. The average Bonchev–Trinajstić information content (AvgIpc) is 2.84. The molecule has 1 atom stereocenters. The van der Waals surface area contributed by atoms with Crippen molar-refractivity contribution in [3.8, 4) is 5.75 Å². The van der Waals surface area contributed by atoms with Gasteiger partial charge in [-0.2, -0.15) is 0 Å². The van der Waals surface area contributed by atoms with Crippen LogP contribution in [0, 0.1) is 19.8 Å². The highest BCUT2D eigenvalue weighted by Crippen LogP contribution is 2.25. The number of aryl methyl sites for hydroxylation is 2. The summed E-state index contributed by atoms with van der Waals surface area (Å²) in [5, 5.41) is 3.30. The maximum absolute atomic E-state index is 12.3. The van der Waals surface area contributed by atoms with Crippen molar-refractivity contribution in [1.29, 1.82) is 0 Å². The number of nitrogens with one attached hydrogen (secondary N) is 1. The fourth-order valence-electron chi connectivity index (χ4n) is 2.57. The lowest BCUT2D eigenvalue weighted by molar-refractivity contribution is 0.0964. The molecular weight excluding hydrogens is 226 g/mol. The summed E-state index contributed by atoms with van der Waals surface area (Å²) in [6, 6.07) is 3.91. The number of ketones is 1. The largest absolute Gasteiger partial charge is 0.496 e. The molecule has 1 aliphatic rings. The number of ether oxygens (including phenoxy) is 1. The molecule has 2 rings (SSSR count). The molecule has 0 saturated carbocycles. The molecule has 0 aromatic heterocycles. The van der Waals surface area contributed by atoms with Crippen LogP contribution in [0.25, 0.3) is 0 Å². The molecule has 18 heavy (non-hydrogen) atoms. The summed E-state index contributed by atoms with van der Waals surface area (Å²) in [6.45, 7) is 5.97. The minimum absolute atomic E-state index is 0.256. The van der Waals surface area contributed by atoms with Crippen LogP contribution in [0.1, 0.15) is 34.3 Å². The van der Waals surface area contributed by atoms with Gasteiger partial charge in [-0.15, -0.1) is 0 Å². The highest BCUT2D eigenvalue weighted by atomic mass is 16.5. The maximum atomic E-state index is 12.3. The smallest absolute Gasteiger partial charge is 0.163 e. The van der Waals surface area contributed by atoms with Crippen LogP contribution >= 0.6 is 0 Å². The molecule has 1 N–H and O–H groups in total. The normalized spacial score (nSPS) is 18.9. The van der Waals surface area contributed by atoms with Crippen LogP contribution in [0.4, 0.5) is 0 Å². The molecule has 0 spiro atoms. The van der Waals surface area contributed by atoms with E-state index in [2.05, 4.69) is 5.32 Å². The van der Waals surface area contributed by atoms with Gasteiger partial charge >= 0.3 is 0 Å². The number of carbonyl (C=O) groups is 1. The SMILES string of the molecule is COc1cc(C)c(C(=O)CC2CCNC2)cc1C. The molecule has 3 heteroatoms. The van der Waals surface area contributed by atoms with Gasteiger partial charge in [0.05, 0.1) is 7.11 Å². The average molecular weight is 247 g/mol. The minimum Gasteiger partial charge on any atom is -0.496 e. The van der Waals surface area contributed by atoms with Gasteiger partial charge in [0.25, 0.3) is 0 Å². The van der Waals surface area contributed by atoms with Crippen molar-refractivity contribution in [2.45, 2.75) is 26.7 Å². The van der Waals surface area contributed by atoms with Gasteiger partial charge in [0, 0.05) is 12.0 Å². The Hall–Kier alpha value is -1.35. The summed E-state index contributed by atoms with van der Waals surface area (Å²) < 4.78 is 5.27. The van der Waals surface area contributed by atoms with Crippen LogP contribution in [0.3, 0.4) is 0 Å². The highest BCUT2D eigenvalue weighted by molar-refractivity contribution is 5.98. The number of rotatable bonds is 4. The highest BCUT2D eigenvalue weighted by Gasteiger charge is 2.20. The summed E-state index contributed by atoms with van der Waals surface area (Å²) in [5.74, 6) is 1.61. The number of benzene rings is 1. The Labute approximate surface area is 109 Å². The lowest BCUT2D eigenvalue weighted by atomic mass is 9.94. The van der Waals surface area contributed by atoms with Gasteiger partial charge in [-0.25, -0.2) is 0 Å². The Morgan fingerprint density at radius 1 is 1.39 bits per heavy atom. The molecule has 0 bridgehead atoms. The Morgan fingerprint density at radius 2 is 2.17 bits per heavy atom. The monoisotopic (exact) mass is 247 g/mol. The van der Waals surface area contributed by atoms with Gasteiger partial charge < -0.3 is 10.1 Å². The first-order valence-electron chi connectivity index (χ1n) is 6.51. The first-order valence-corrected chi connectivity index (χ1v) is 6.51. The summed E-state index contributed by atoms with van der Waals surface area (Å²) >= 11 is 0. The fourth-order valence-corrected chi connectivity index (χ4v) is 2.57. The van der Waals surface area contributed by atoms with Crippen LogP contribution in [0.2, 0.25) is 0 Å². The van der Waals surface area contributed by atoms with Crippen LogP contribution in [0.5, 0.6) is 5.75 Å². The molecular formula is C15H21NO2. The lowest BCUT2D eigenvalue weighted by Gasteiger charge is -2.12. The summed E-state index contributed by atoms with van der Waals surface area (Å²) in [4.78, 5) is 12.3. The van der Waals surface area contributed by atoms with E-state index in [1.54, 1.807) is 7.11 Å². The van der Waals surface area contributed by atoms with E-state index in [1.807, 2.05) is 26.0 Å². The molecule has 1 heterocycles. The van der Waals surface area contributed by atoms with E-state index in [4.69, 9.17) is 4.74 Å². The standard InChI is InChI=1S/C15H21NO2/c1-10-7-15(18-3)11(2)6-13(10)14(17)8-12-4-5-16-9-12/h6-7,12,16H,4-5,8-9H2,1-3H3. The predicted molar refractivity (Wildman–Crippen MR) is 72.4 cm³/mol. The maximum Gasteiger partial charge on any atom is 0.163 e. The van der Waals surface area contributed by atoms with Gasteiger partial charge in [-0.05, 0) is 62.5 Å². The molecule has 0 amide bonds. The van der Waals surface area contributed by atoms with Crippen molar-refractivity contribution < 1.29 is 9.53 Å². The predicted octanol–water partition coefficient (Wildman–Crippen LogP) is 2.49. The van der Waals surface area contributed by atoms with Crippen molar-refractivity contribution in [1.82, 2.24) is 5.32 Å². The van der Waals surface area contributed by atoms with Gasteiger partial charge in [-0.3, -0.25) is 4.79 Å². The zero-order valence-electron chi connectivity index (χ0n) is 11.4. The van der Waals surface area contributed by atoms with Crippen molar-refractivity contribution in [3.63, 3.8) is 0 Å². The third-order valence-electron chi connectivity index (χ3n) is 3.68. The Kier molecular flexibility index (Phi) is 4.02. The van der Waals surface area contributed by atoms with E-state index in [9.17, 15) is 4.79 Å². The van der Waals surface area contributed by atoms with E-state index in [1.165, 1.54) is 0 Å². The summed E-state index contributed by atoms with van der Waals surface area (Å²) in [5.41, 5.74) is 2.88. The number of hydrogen-bond acceptors (Lipinski definition) is 3. The second-order valence-corrected chi connectivity index (χ2v) is 5.12. The second kappa shape index (κ2) is 5.53.